The van der Waals surface area contributed by atoms with Crippen LogP contribution in [0.3, 0.4) is 0 Å². The van der Waals surface area contributed by atoms with Crippen molar-refractivity contribution in [1.29, 1.82) is 0 Å². The second-order valence-electron chi connectivity index (χ2n) is 3.27. The van der Waals surface area contributed by atoms with Gasteiger partial charge in [-0.05, 0) is 12.8 Å². The Kier molecular flexibility index (Phi) is 5.69. The van der Waals surface area contributed by atoms with Crippen molar-refractivity contribution in [3.05, 3.63) is 12.7 Å². The number of halogens is 1. The van der Waals surface area contributed by atoms with E-state index in [4.69, 9.17) is 17.3 Å². The van der Waals surface area contributed by atoms with Gasteiger partial charge in [0.1, 0.15) is 11.8 Å². The van der Waals surface area contributed by atoms with Gasteiger partial charge in [0.05, 0.1) is 6.33 Å². The summed E-state index contributed by atoms with van der Waals surface area (Å²) in [5, 5.41) is 0. The molecule has 94 valence electrons. The fourth-order valence-corrected chi connectivity index (χ4v) is 1.63. The Labute approximate surface area is 106 Å². The van der Waals surface area contributed by atoms with Crippen LogP contribution in [0.2, 0.25) is 0 Å². The quantitative estimate of drug-likeness (QED) is 0.673. The number of nitrogen functional groups attached to an aromatic ring is 1. The van der Waals surface area contributed by atoms with Crippen LogP contribution in [0.5, 0.6) is 0 Å². The molecule has 2 rings (SSSR count). The summed E-state index contributed by atoms with van der Waals surface area (Å²) >= 11 is 5.61. The normalized spacial score (nSPS) is 10.1. The molecule has 0 fully saturated rings. The van der Waals surface area contributed by atoms with Gasteiger partial charge in [-0.15, -0.1) is 11.6 Å². The van der Waals surface area contributed by atoms with E-state index in [1.165, 1.54) is 6.33 Å². The number of nitrogens with zero attached hydrogens (tertiary/aromatic N) is 4. The molecule has 5 nitrogen and oxygen atoms in total. The van der Waals surface area contributed by atoms with Crippen molar-refractivity contribution in [3.8, 4) is 0 Å². The van der Waals surface area contributed by atoms with Crippen LogP contribution in [0.25, 0.3) is 11.2 Å². The molecular formula is C11H18ClN5. The zero-order valence-corrected chi connectivity index (χ0v) is 11.0. The third-order valence-corrected chi connectivity index (χ3v) is 2.48. The molecule has 2 aromatic rings. The highest BCUT2D eigenvalue weighted by atomic mass is 35.5. The van der Waals surface area contributed by atoms with E-state index in [0.717, 1.165) is 25.0 Å². The minimum absolute atomic E-state index is 0.427. The number of rotatable bonds is 4. The number of alkyl halides is 1. The Morgan fingerprint density at radius 2 is 2.00 bits per heavy atom. The predicted octanol–water partition coefficient (Wildman–Crippen LogP) is 2.45. The molecule has 0 saturated heterocycles. The summed E-state index contributed by atoms with van der Waals surface area (Å²) in [4.78, 5) is 12.2. The maximum atomic E-state index is 5.68. The lowest BCUT2D eigenvalue weighted by Crippen LogP contribution is -1.99. The Balaban J connectivity index is 0.000000686. The molecule has 0 aliphatic carbocycles. The molecule has 2 aromatic heterocycles. The van der Waals surface area contributed by atoms with E-state index in [1.54, 1.807) is 6.33 Å². The molecule has 0 saturated carbocycles. The number of hydrogen-bond acceptors (Lipinski definition) is 4. The average Bonchev–Trinajstić information content (AvgIpc) is 2.77. The zero-order chi connectivity index (χ0) is 12.7. The van der Waals surface area contributed by atoms with Crippen LogP contribution in [-0.2, 0) is 6.54 Å². The number of anilines is 1. The van der Waals surface area contributed by atoms with Crippen LogP contribution in [0.4, 0.5) is 5.82 Å². The summed E-state index contributed by atoms with van der Waals surface area (Å²) in [6.07, 6.45) is 5.20. The number of aromatic nitrogens is 4. The molecule has 6 heteroatoms. The Morgan fingerprint density at radius 1 is 1.24 bits per heavy atom. The van der Waals surface area contributed by atoms with Crippen molar-refractivity contribution >= 4 is 28.6 Å². The van der Waals surface area contributed by atoms with Crippen LogP contribution >= 0.6 is 11.6 Å². The van der Waals surface area contributed by atoms with Gasteiger partial charge in [0.2, 0.25) is 0 Å². The first-order chi connectivity index (χ1) is 8.33. The van der Waals surface area contributed by atoms with Gasteiger partial charge in [-0.25, -0.2) is 15.0 Å². The van der Waals surface area contributed by atoms with Crippen LogP contribution in [0.15, 0.2) is 12.7 Å². The van der Waals surface area contributed by atoms with Crippen LogP contribution in [-0.4, -0.2) is 25.4 Å². The van der Waals surface area contributed by atoms with Gasteiger partial charge in [-0.3, -0.25) is 0 Å². The second-order valence-corrected chi connectivity index (χ2v) is 3.64. The first kappa shape index (κ1) is 13.7. The summed E-state index contributed by atoms with van der Waals surface area (Å²) in [6.45, 7) is 4.86. The largest absolute Gasteiger partial charge is 0.382 e. The molecule has 0 radical (unpaired) electrons. The van der Waals surface area contributed by atoms with Crippen molar-refractivity contribution < 1.29 is 0 Å². The molecule has 0 aromatic carbocycles. The number of fused-ring (bicyclic) bond motifs is 1. The Morgan fingerprint density at radius 3 is 2.71 bits per heavy atom. The fourth-order valence-electron chi connectivity index (χ4n) is 1.44. The highest BCUT2D eigenvalue weighted by molar-refractivity contribution is 6.17. The van der Waals surface area contributed by atoms with Gasteiger partial charge in [-0.2, -0.15) is 0 Å². The molecule has 0 aliphatic rings. The molecule has 0 bridgehead atoms. The first-order valence-corrected chi connectivity index (χ1v) is 6.33. The molecule has 0 aliphatic heterocycles. The minimum atomic E-state index is 0.427. The first-order valence-electron chi connectivity index (χ1n) is 5.80. The lowest BCUT2D eigenvalue weighted by atomic mass is 10.3. The van der Waals surface area contributed by atoms with Crippen molar-refractivity contribution in [2.45, 2.75) is 33.2 Å². The number of unbranched alkanes of at least 4 members (excludes halogenated alkanes) is 1. The molecule has 0 amide bonds. The van der Waals surface area contributed by atoms with Gasteiger partial charge in [0.25, 0.3) is 0 Å². The molecule has 2 N–H and O–H groups in total. The maximum absolute atomic E-state index is 5.68. The van der Waals surface area contributed by atoms with E-state index in [2.05, 4.69) is 15.0 Å². The van der Waals surface area contributed by atoms with Crippen molar-refractivity contribution in [3.63, 3.8) is 0 Å². The van der Waals surface area contributed by atoms with E-state index in [9.17, 15) is 0 Å². The summed E-state index contributed by atoms with van der Waals surface area (Å²) in [5.74, 6) is 1.11. The smallest absolute Gasteiger partial charge is 0.165 e. The van der Waals surface area contributed by atoms with E-state index in [-0.39, 0.29) is 0 Å². The van der Waals surface area contributed by atoms with Crippen molar-refractivity contribution in [2.75, 3.05) is 11.6 Å². The maximum Gasteiger partial charge on any atom is 0.165 e. The number of hydrogen-bond donors (Lipinski definition) is 1. The van der Waals surface area contributed by atoms with E-state index in [1.807, 2.05) is 18.4 Å². The average molecular weight is 256 g/mol. The standard InChI is InChI=1S/C9H12ClN5.C2H6/c10-3-1-2-4-15-6-14-7-8(11)12-5-13-9(7)15;1-2/h5-6H,1-4H2,(H2,11,12,13);1-2H3. The van der Waals surface area contributed by atoms with Gasteiger partial charge in [0, 0.05) is 12.4 Å². The van der Waals surface area contributed by atoms with Crippen LogP contribution in [0.1, 0.15) is 26.7 Å². The number of aryl methyl sites for hydroxylation is 1. The van der Waals surface area contributed by atoms with E-state index < -0.39 is 0 Å². The Hall–Kier alpha value is -1.36. The summed E-state index contributed by atoms with van der Waals surface area (Å²) in [6, 6.07) is 0. The highest BCUT2D eigenvalue weighted by Gasteiger charge is 2.06. The second kappa shape index (κ2) is 7.06. The molecule has 17 heavy (non-hydrogen) atoms. The summed E-state index contributed by atoms with van der Waals surface area (Å²) in [7, 11) is 0. The third-order valence-electron chi connectivity index (χ3n) is 2.21. The third kappa shape index (κ3) is 3.30. The topological polar surface area (TPSA) is 69.6 Å². The highest BCUT2D eigenvalue weighted by Crippen LogP contribution is 2.14. The van der Waals surface area contributed by atoms with Crippen molar-refractivity contribution in [2.24, 2.45) is 0 Å². The van der Waals surface area contributed by atoms with Gasteiger partial charge in [0.15, 0.2) is 11.5 Å². The molecule has 2 heterocycles. The molecule has 0 spiro atoms. The van der Waals surface area contributed by atoms with Gasteiger partial charge in [-0.1, -0.05) is 13.8 Å². The zero-order valence-electron chi connectivity index (χ0n) is 10.2. The van der Waals surface area contributed by atoms with Gasteiger partial charge < -0.3 is 10.3 Å². The lowest BCUT2D eigenvalue weighted by molar-refractivity contribution is 0.643. The lowest BCUT2D eigenvalue weighted by Gasteiger charge is -2.01. The molecular weight excluding hydrogens is 238 g/mol. The van der Waals surface area contributed by atoms with Gasteiger partial charge >= 0.3 is 0 Å². The summed E-state index contributed by atoms with van der Waals surface area (Å²) < 4.78 is 1.97. The predicted molar refractivity (Wildman–Crippen MR) is 71.0 cm³/mol. The monoisotopic (exact) mass is 255 g/mol. The SMILES string of the molecule is CC.Nc1ncnc2c1ncn2CCCCCl. The fraction of sp³-hybridized carbons (Fsp3) is 0.545. The number of imidazole rings is 1. The number of nitrogens with two attached hydrogens (primary N) is 1. The molecule has 0 atom stereocenters. The molecule has 0 unspecified atom stereocenters. The minimum Gasteiger partial charge on any atom is -0.382 e. The summed E-state index contributed by atoms with van der Waals surface area (Å²) in [5.41, 5.74) is 7.14. The van der Waals surface area contributed by atoms with Crippen molar-refractivity contribution in [1.82, 2.24) is 19.5 Å². The van der Waals surface area contributed by atoms with E-state index >= 15 is 0 Å². The van der Waals surface area contributed by atoms with Crippen LogP contribution < -0.4 is 5.73 Å². The van der Waals surface area contributed by atoms with Crippen LogP contribution in [0, 0.1) is 0 Å². The Bertz CT molecular complexity index is 454. The van der Waals surface area contributed by atoms with E-state index in [0.29, 0.717) is 17.2 Å².